The van der Waals surface area contributed by atoms with Crippen LogP contribution in [0.1, 0.15) is 62.2 Å². The first-order valence-electron chi connectivity index (χ1n) is 12.8. The quantitative estimate of drug-likeness (QED) is 0.259. The molecule has 3 heterocycles. The molecular weight excluding hydrogens is 533 g/mol. The van der Waals surface area contributed by atoms with Crippen molar-refractivity contribution in [2.45, 2.75) is 52.1 Å². The molecule has 3 aromatic heterocycles. The van der Waals surface area contributed by atoms with Gasteiger partial charge in [0.15, 0.2) is 0 Å². The summed E-state index contributed by atoms with van der Waals surface area (Å²) in [7, 11) is 0. The molecule has 0 aliphatic heterocycles. The Balaban J connectivity index is 1.61. The molecule has 4 N–H and O–H groups in total. The predicted octanol–water partition coefficient (Wildman–Crippen LogP) is 4.83. The lowest BCUT2D eigenvalue weighted by Crippen LogP contribution is -2.34. The van der Waals surface area contributed by atoms with Crippen molar-refractivity contribution in [2.75, 3.05) is 17.2 Å². The lowest BCUT2D eigenvalue weighted by molar-refractivity contribution is -0.122. The van der Waals surface area contributed by atoms with E-state index < -0.39 is 23.4 Å². The number of fused-ring (bicyclic) bond motifs is 1. The maximum Gasteiger partial charge on any atom is 0.245 e. The third-order valence-corrected chi connectivity index (χ3v) is 7.27. The van der Waals surface area contributed by atoms with Crippen molar-refractivity contribution in [1.82, 2.24) is 25.0 Å². The molecule has 206 valence electrons. The topological polar surface area (TPSA) is 147 Å². The van der Waals surface area contributed by atoms with Crippen molar-refractivity contribution >= 4 is 39.8 Å². The summed E-state index contributed by atoms with van der Waals surface area (Å²) < 4.78 is 15.4. The molecule has 1 fully saturated rings. The molecule has 0 radical (unpaired) electrons. The van der Waals surface area contributed by atoms with Crippen LogP contribution in [-0.4, -0.2) is 37.4 Å². The number of halogens is 2. The average molecular weight is 562 g/mol. The van der Waals surface area contributed by atoms with Gasteiger partial charge >= 0.3 is 0 Å². The smallest absolute Gasteiger partial charge is 0.245 e. The van der Waals surface area contributed by atoms with Gasteiger partial charge in [-0.15, -0.1) is 5.10 Å². The molecule has 5 rings (SSSR count). The number of hydrogen-bond donors (Lipinski definition) is 3. The zero-order chi connectivity index (χ0) is 28.8. The van der Waals surface area contributed by atoms with Gasteiger partial charge < -0.3 is 16.4 Å². The number of amides is 1. The average Bonchev–Trinajstić information content (AvgIpc) is 3.56. The highest BCUT2D eigenvalue weighted by atomic mass is 35.5. The van der Waals surface area contributed by atoms with Gasteiger partial charge in [-0.1, -0.05) is 43.7 Å². The Morgan fingerprint density at radius 2 is 2.08 bits per heavy atom. The highest BCUT2D eigenvalue weighted by Gasteiger charge is 2.52. The van der Waals surface area contributed by atoms with E-state index in [4.69, 9.17) is 17.3 Å². The molecule has 1 atom stereocenters. The minimum atomic E-state index is -0.884. The molecule has 12 heteroatoms. The molecule has 0 saturated heterocycles. The first kappa shape index (κ1) is 27.3. The number of aryl methyl sites for hydroxylation is 1. The number of hydrogen-bond acceptors (Lipinski definition) is 8. The number of pyridine rings is 2. The zero-order valence-corrected chi connectivity index (χ0v) is 23.3. The summed E-state index contributed by atoms with van der Waals surface area (Å²) >= 11 is 6.70. The number of benzene rings is 1. The number of rotatable bonds is 8. The lowest BCUT2D eigenvalue weighted by Gasteiger charge is -2.23. The van der Waals surface area contributed by atoms with Crippen LogP contribution in [0.5, 0.6) is 0 Å². The third-order valence-electron chi connectivity index (χ3n) is 6.98. The molecular formula is C28H29ClFN9O. The predicted molar refractivity (Wildman–Crippen MR) is 150 cm³/mol. The van der Waals surface area contributed by atoms with Crippen LogP contribution in [0.3, 0.4) is 0 Å². The minimum Gasteiger partial charge on any atom is -0.383 e. The monoisotopic (exact) mass is 561 g/mol. The molecule has 1 amide bonds. The first-order valence-corrected chi connectivity index (χ1v) is 13.2. The molecule has 10 nitrogen and oxygen atoms in total. The van der Waals surface area contributed by atoms with Crippen molar-refractivity contribution in [3.63, 3.8) is 0 Å². The Morgan fingerprint density at radius 3 is 2.70 bits per heavy atom. The van der Waals surface area contributed by atoms with Crippen LogP contribution >= 0.6 is 11.6 Å². The molecule has 1 aromatic carbocycles. The van der Waals surface area contributed by atoms with Gasteiger partial charge in [-0.25, -0.2) is 9.67 Å². The number of carbonyl (C=O) groups is 1. The Kier molecular flexibility index (Phi) is 6.84. The van der Waals surface area contributed by atoms with Crippen LogP contribution in [0.15, 0.2) is 36.7 Å². The Hall–Kier alpha value is -4.30. The molecule has 0 spiro atoms. The SMILES string of the molecule is Cc1nc(F)ccc1[C@H](Nc1cc(Cl)c2ncc(C#N)c(NCC(C)(C)C)c2c1)c1cn(C2(C(N)=O)CC2)nn1. The fourth-order valence-corrected chi connectivity index (χ4v) is 4.89. The van der Waals surface area contributed by atoms with Crippen molar-refractivity contribution in [1.29, 1.82) is 5.26 Å². The second-order valence-electron chi connectivity index (χ2n) is 11.3. The number of aromatic nitrogens is 5. The van der Waals surface area contributed by atoms with Crippen LogP contribution in [0, 0.1) is 29.6 Å². The molecule has 0 bridgehead atoms. The molecule has 1 saturated carbocycles. The van der Waals surface area contributed by atoms with Gasteiger partial charge in [0.1, 0.15) is 17.3 Å². The summed E-state index contributed by atoms with van der Waals surface area (Å²) in [6.45, 7) is 8.60. The standard InChI is InChI=1S/C28H29ClFN9O/c1-15-18(5-6-22(30)35-15)25(21-13-39(38-37-21)28(7-8-28)26(32)40)36-17-9-19-23(34-14-27(2,3)4)16(11-31)12-33-24(19)20(29)10-17/h5-6,9-10,12-13,25,36H,7-8,14H2,1-4H3,(H2,32,40)(H,33,34)/t25-/m0/s1. The fourth-order valence-electron chi connectivity index (χ4n) is 4.62. The molecule has 40 heavy (non-hydrogen) atoms. The summed E-state index contributed by atoms with van der Waals surface area (Å²) in [5, 5.41) is 26.2. The van der Waals surface area contributed by atoms with Crippen molar-refractivity contribution < 1.29 is 9.18 Å². The molecule has 0 unspecified atom stereocenters. The number of nitrogens with zero attached hydrogens (tertiary/aromatic N) is 6. The van der Waals surface area contributed by atoms with Gasteiger partial charge in [-0.05, 0) is 43.4 Å². The van der Waals surface area contributed by atoms with Gasteiger partial charge in [0.05, 0.1) is 34.0 Å². The van der Waals surface area contributed by atoms with Crippen LogP contribution in [0.2, 0.25) is 5.02 Å². The van der Waals surface area contributed by atoms with E-state index in [0.717, 1.165) is 0 Å². The van der Waals surface area contributed by atoms with E-state index in [1.165, 1.54) is 16.9 Å². The Morgan fingerprint density at radius 1 is 1.32 bits per heavy atom. The summed E-state index contributed by atoms with van der Waals surface area (Å²) in [5.74, 6) is -1.07. The number of nitriles is 1. The normalized spacial score (nSPS) is 14.9. The van der Waals surface area contributed by atoms with E-state index in [9.17, 15) is 14.4 Å². The molecule has 4 aromatic rings. The number of primary amides is 1. The maximum atomic E-state index is 13.9. The highest BCUT2D eigenvalue weighted by Crippen LogP contribution is 2.43. The van der Waals surface area contributed by atoms with Crippen LogP contribution in [0.4, 0.5) is 15.8 Å². The Labute approximate surface area is 235 Å². The summed E-state index contributed by atoms with van der Waals surface area (Å²) in [5.41, 5.74) is 8.47. The van der Waals surface area contributed by atoms with Crippen LogP contribution in [-0.2, 0) is 10.3 Å². The van der Waals surface area contributed by atoms with E-state index in [0.29, 0.717) is 69.2 Å². The summed E-state index contributed by atoms with van der Waals surface area (Å²) in [4.78, 5) is 20.5. The summed E-state index contributed by atoms with van der Waals surface area (Å²) in [6, 6.07) is 8.07. The number of nitrogens with one attached hydrogen (secondary N) is 2. The van der Waals surface area contributed by atoms with Gasteiger partial charge in [0, 0.05) is 35.1 Å². The van der Waals surface area contributed by atoms with E-state index in [-0.39, 0.29) is 5.41 Å². The second-order valence-corrected chi connectivity index (χ2v) is 11.7. The van der Waals surface area contributed by atoms with Crippen molar-refractivity contribution in [3.8, 4) is 6.07 Å². The number of carbonyl (C=O) groups excluding carboxylic acids is 1. The van der Waals surface area contributed by atoms with E-state index >= 15 is 0 Å². The third kappa shape index (κ3) is 5.14. The molecule has 1 aliphatic carbocycles. The van der Waals surface area contributed by atoms with E-state index in [1.807, 2.05) is 6.07 Å². The highest BCUT2D eigenvalue weighted by molar-refractivity contribution is 6.35. The van der Waals surface area contributed by atoms with E-state index in [1.54, 1.807) is 25.3 Å². The van der Waals surface area contributed by atoms with E-state index in [2.05, 4.69) is 57.8 Å². The van der Waals surface area contributed by atoms with Gasteiger partial charge in [0.2, 0.25) is 11.9 Å². The van der Waals surface area contributed by atoms with Gasteiger partial charge in [0.25, 0.3) is 0 Å². The van der Waals surface area contributed by atoms with Gasteiger partial charge in [-0.2, -0.15) is 9.65 Å². The minimum absolute atomic E-state index is 0.0458. The fraction of sp³-hybridized carbons (Fsp3) is 0.357. The number of nitrogens with two attached hydrogens (primary N) is 1. The molecule has 1 aliphatic rings. The van der Waals surface area contributed by atoms with Crippen molar-refractivity contribution in [2.24, 2.45) is 11.1 Å². The first-order chi connectivity index (χ1) is 18.9. The zero-order valence-electron chi connectivity index (χ0n) is 22.6. The van der Waals surface area contributed by atoms with Crippen LogP contribution in [0.25, 0.3) is 10.9 Å². The Bertz CT molecular complexity index is 1670. The number of anilines is 2. The maximum absolute atomic E-state index is 13.9. The van der Waals surface area contributed by atoms with Crippen molar-refractivity contribution in [3.05, 3.63) is 70.1 Å². The second kappa shape index (κ2) is 10.0. The largest absolute Gasteiger partial charge is 0.383 e. The summed E-state index contributed by atoms with van der Waals surface area (Å²) in [6.07, 6.45) is 4.35. The van der Waals surface area contributed by atoms with Gasteiger partial charge in [-0.3, -0.25) is 9.78 Å². The lowest BCUT2D eigenvalue weighted by atomic mass is 9.96. The van der Waals surface area contributed by atoms with Crippen LogP contribution < -0.4 is 16.4 Å².